The van der Waals surface area contributed by atoms with E-state index in [1.54, 1.807) is 6.92 Å². The second-order valence-electron chi connectivity index (χ2n) is 5.98. The molecule has 0 atom stereocenters. The molecule has 1 fully saturated rings. The Bertz CT molecular complexity index is 578. The summed E-state index contributed by atoms with van der Waals surface area (Å²) in [5, 5.41) is 0. The third kappa shape index (κ3) is 2.80. The van der Waals surface area contributed by atoms with E-state index < -0.39 is 0 Å². The van der Waals surface area contributed by atoms with E-state index in [-0.39, 0.29) is 11.7 Å². The van der Waals surface area contributed by atoms with E-state index in [4.69, 9.17) is 0 Å². The highest BCUT2D eigenvalue weighted by Crippen LogP contribution is 2.30. The van der Waals surface area contributed by atoms with Gasteiger partial charge in [-0.15, -0.1) is 0 Å². The van der Waals surface area contributed by atoms with Gasteiger partial charge in [0.1, 0.15) is 0 Å². The van der Waals surface area contributed by atoms with Crippen molar-refractivity contribution in [2.45, 2.75) is 39.2 Å². The van der Waals surface area contributed by atoms with Crippen LogP contribution in [0.4, 0.5) is 5.69 Å². The smallest absolute Gasteiger partial charge is 0.242 e. The molecule has 1 aromatic rings. The molecule has 4 nitrogen and oxygen atoms in total. The van der Waals surface area contributed by atoms with E-state index in [0.29, 0.717) is 12.6 Å². The van der Waals surface area contributed by atoms with E-state index in [1.807, 2.05) is 30.0 Å². The first kappa shape index (κ1) is 14.1. The molecule has 112 valence electrons. The number of rotatable bonds is 5. The molecule has 0 radical (unpaired) electrons. The highest BCUT2D eigenvalue weighted by Gasteiger charge is 2.32. The Labute approximate surface area is 125 Å². The van der Waals surface area contributed by atoms with Gasteiger partial charge in [-0.3, -0.25) is 9.59 Å². The Morgan fingerprint density at radius 2 is 2.10 bits per heavy atom. The SMILES string of the molecule is CCN(C(=O)CN1CCc2cc(C(C)=O)ccc21)C1CC1. The molecule has 1 aliphatic carbocycles. The van der Waals surface area contributed by atoms with Crippen molar-refractivity contribution in [2.75, 3.05) is 24.5 Å². The van der Waals surface area contributed by atoms with E-state index in [9.17, 15) is 9.59 Å². The number of Topliss-reactive ketones (excluding diaryl/α,β-unsaturated/α-hetero) is 1. The van der Waals surface area contributed by atoms with Gasteiger partial charge in [-0.05, 0) is 56.9 Å². The van der Waals surface area contributed by atoms with Gasteiger partial charge >= 0.3 is 0 Å². The maximum Gasteiger partial charge on any atom is 0.242 e. The summed E-state index contributed by atoms with van der Waals surface area (Å²) in [6, 6.07) is 6.30. The van der Waals surface area contributed by atoms with Crippen LogP contribution in [0.2, 0.25) is 0 Å². The topological polar surface area (TPSA) is 40.6 Å². The summed E-state index contributed by atoms with van der Waals surface area (Å²) in [7, 11) is 0. The summed E-state index contributed by atoms with van der Waals surface area (Å²) in [6.45, 7) is 5.76. The summed E-state index contributed by atoms with van der Waals surface area (Å²) in [6.07, 6.45) is 3.22. The van der Waals surface area contributed by atoms with Crippen molar-refractivity contribution in [3.8, 4) is 0 Å². The number of carbonyl (C=O) groups excluding carboxylic acids is 2. The first-order valence-electron chi connectivity index (χ1n) is 7.78. The zero-order chi connectivity index (χ0) is 15.0. The van der Waals surface area contributed by atoms with Gasteiger partial charge in [-0.25, -0.2) is 0 Å². The third-order valence-corrected chi connectivity index (χ3v) is 4.45. The average molecular weight is 286 g/mol. The van der Waals surface area contributed by atoms with Crippen molar-refractivity contribution in [3.63, 3.8) is 0 Å². The van der Waals surface area contributed by atoms with Crippen molar-refractivity contribution in [1.29, 1.82) is 0 Å². The molecule has 0 unspecified atom stereocenters. The molecule has 0 spiro atoms. The lowest BCUT2D eigenvalue weighted by Crippen LogP contribution is -2.41. The number of fused-ring (bicyclic) bond motifs is 1. The summed E-state index contributed by atoms with van der Waals surface area (Å²) in [5.41, 5.74) is 3.06. The van der Waals surface area contributed by atoms with Crippen LogP contribution in [0.1, 0.15) is 42.6 Å². The van der Waals surface area contributed by atoms with Crippen LogP contribution in [-0.4, -0.2) is 42.3 Å². The van der Waals surface area contributed by atoms with Crippen LogP contribution in [0.25, 0.3) is 0 Å². The van der Waals surface area contributed by atoms with Gasteiger partial charge in [0.25, 0.3) is 0 Å². The summed E-state index contributed by atoms with van der Waals surface area (Å²) >= 11 is 0. The fourth-order valence-corrected chi connectivity index (χ4v) is 3.13. The van der Waals surface area contributed by atoms with Crippen LogP contribution in [0.15, 0.2) is 18.2 Å². The predicted octanol–water partition coefficient (Wildman–Crippen LogP) is 2.26. The largest absolute Gasteiger partial charge is 0.362 e. The normalized spacial score (nSPS) is 16.8. The molecule has 1 heterocycles. The van der Waals surface area contributed by atoms with E-state index in [1.165, 1.54) is 5.56 Å². The van der Waals surface area contributed by atoms with E-state index >= 15 is 0 Å². The molecule has 0 aromatic heterocycles. The van der Waals surface area contributed by atoms with Gasteiger partial charge in [0.2, 0.25) is 5.91 Å². The third-order valence-electron chi connectivity index (χ3n) is 4.45. The number of anilines is 1. The van der Waals surface area contributed by atoms with Crippen LogP contribution < -0.4 is 4.90 Å². The number of nitrogens with zero attached hydrogens (tertiary/aromatic N) is 2. The zero-order valence-electron chi connectivity index (χ0n) is 12.8. The Balaban J connectivity index is 1.72. The number of hydrogen-bond donors (Lipinski definition) is 0. The molecule has 1 aliphatic heterocycles. The Kier molecular flexibility index (Phi) is 3.70. The molecule has 0 bridgehead atoms. The minimum Gasteiger partial charge on any atom is -0.362 e. The van der Waals surface area contributed by atoms with Gasteiger partial charge in [0.05, 0.1) is 6.54 Å². The number of hydrogen-bond acceptors (Lipinski definition) is 3. The van der Waals surface area contributed by atoms with Crippen molar-refractivity contribution >= 4 is 17.4 Å². The van der Waals surface area contributed by atoms with Crippen LogP contribution in [0.3, 0.4) is 0 Å². The number of amides is 1. The summed E-state index contributed by atoms with van der Waals surface area (Å²) in [5.74, 6) is 0.321. The highest BCUT2D eigenvalue weighted by atomic mass is 16.2. The summed E-state index contributed by atoms with van der Waals surface area (Å²) < 4.78 is 0. The molecule has 4 heteroatoms. The summed E-state index contributed by atoms with van der Waals surface area (Å²) in [4.78, 5) is 28.0. The van der Waals surface area contributed by atoms with Gasteiger partial charge in [-0.2, -0.15) is 0 Å². The van der Waals surface area contributed by atoms with Crippen LogP contribution in [-0.2, 0) is 11.2 Å². The number of benzene rings is 1. The number of carbonyl (C=O) groups is 2. The van der Waals surface area contributed by atoms with Gasteiger partial charge < -0.3 is 9.80 Å². The van der Waals surface area contributed by atoms with Crippen molar-refractivity contribution in [1.82, 2.24) is 4.90 Å². The van der Waals surface area contributed by atoms with Crippen molar-refractivity contribution < 1.29 is 9.59 Å². The van der Waals surface area contributed by atoms with Gasteiger partial charge in [0, 0.05) is 30.4 Å². The first-order chi connectivity index (χ1) is 10.1. The predicted molar refractivity (Wildman–Crippen MR) is 82.8 cm³/mol. The average Bonchev–Trinajstić information content (AvgIpc) is 3.21. The monoisotopic (exact) mass is 286 g/mol. The molecular weight excluding hydrogens is 264 g/mol. The van der Waals surface area contributed by atoms with E-state index in [2.05, 4.69) is 4.90 Å². The van der Waals surface area contributed by atoms with Crippen LogP contribution >= 0.6 is 0 Å². The lowest BCUT2D eigenvalue weighted by atomic mass is 10.1. The van der Waals surface area contributed by atoms with Gasteiger partial charge in [-0.1, -0.05) is 0 Å². The molecular formula is C17H22N2O2. The second kappa shape index (κ2) is 5.51. The van der Waals surface area contributed by atoms with E-state index in [0.717, 1.165) is 43.6 Å². The Morgan fingerprint density at radius 1 is 1.33 bits per heavy atom. The zero-order valence-corrected chi connectivity index (χ0v) is 12.8. The molecule has 2 aliphatic rings. The molecule has 0 N–H and O–H groups in total. The van der Waals surface area contributed by atoms with Crippen LogP contribution in [0.5, 0.6) is 0 Å². The number of likely N-dealkylation sites (N-methyl/N-ethyl adjacent to an activating group) is 1. The van der Waals surface area contributed by atoms with Crippen molar-refractivity contribution in [3.05, 3.63) is 29.3 Å². The lowest BCUT2D eigenvalue weighted by molar-refractivity contribution is -0.130. The quantitative estimate of drug-likeness (QED) is 0.780. The lowest BCUT2D eigenvalue weighted by Gasteiger charge is -2.25. The maximum absolute atomic E-state index is 12.4. The standard InChI is InChI=1S/C17H22N2O2/c1-3-19(15-5-6-15)17(21)11-18-9-8-14-10-13(12(2)20)4-7-16(14)18/h4,7,10,15H,3,5-6,8-9,11H2,1-2H3. The highest BCUT2D eigenvalue weighted by molar-refractivity contribution is 5.95. The fourth-order valence-electron chi connectivity index (χ4n) is 3.13. The molecule has 21 heavy (non-hydrogen) atoms. The Hall–Kier alpha value is -1.84. The minimum absolute atomic E-state index is 0.0956. The molecule has 1 aromatic carbocycles. The molecule has 3 rings (SSSR count). The maximum atomic E-state index is 12.4. The van der Waals surface area contributed by atoms with Crippen LogP contribution in [0, 0.1) is 0 Å². The minimum atomic E-state index is 0.0956. The molecule has 0 saturated heterocycles. The van der Waals surface area contributed by atoms with Crippen molar-refractivity contribution in [2.24, 2.45) is 0 Å². The van der Waals surface area contributed by atoms with Gasteiger partial charge in [0.15, 0.2) is 5.78 Å². The number of ketones is 1. The molecule has 1 amide bonds. The molecule has 1 saturated carbocycles. The first-order valence-corrected chi connectivity index (χ1v) is 7.78. The fraction of sp³-hybridized carbons (Fsp3) is 0.529. The second-order valence-corrected chi connectivity index (χ2v) is 5.98. The Morgan fingerprint density at radius 3 is 2.71 bits per heavy atom.